The molecule has 154 valence electrons. The Bertz CT molecular complexity index is 890. The first-order valence-corrected chi connectivity index (χ1v) is 9.19. The second-order valence-corrected chi connectivity index (χ2v) is 6.80. The van der Waals surface area contributed by atoms with Crippen LogP contribution in [-0.4, -0.2) is 37.2 Å². The number of methoxy groups -OCH3 is 2. The van der Waals surface area contributed by atoms with Gasteiger partial charge in [0.15, 0.2) is 0 Å². The lowest BCUT2D eigenvalue weighted by molar-refractivity contribution is -0.127. The van der Waals surface area contributed by atoms with Crippen molar-refractivity contribution in [2.75, 3.05) is 14.2 Å². The van der Waals surface area contributed by atoms with E-state index in [4.69, 9.17) is 9.47 Å². The average molecular weight is 405 g/mol. The van der Waals surface area contributed by atoms with Crippen LogP contribution in [0.4, 0.5) is 13.2 Å². The predicted octanol–water partition coefficient (Wildman–Crippen LogP) is 4.84. The molecule has 2 aromatic carbocycles. The van der Waals surface area contributed by atoms with E-state index < -0.39 is 17.7 Å². The molecule has 0 N–H and O–H groups in total. The van der Waals surface area contributed by atoms with Gasteiger partial charge in [-0.3, -0.25) is 4.79 Å². The molecule has 4 nitrogen and oxygen atoms in total. The summed E-state index contributed by atoms with van der Waals surface area (Å²) >= 11 is 0. The molecule has 0 aliphatic heterocycles. The van der Waals surface area contributed by atoms with Crippen molar-refractivity contribution in [2.45, 2.75) is 31.6 Å². The van der Waals surface area contributed by atoms with E-state index in [-0.39, 0.29) is 18.2 Å². The molecule has 0 saturated heterocycles. The number of carbonyl (C=O) groups excluding carboxylic acids is 1. The Hall–Kier alpha value is -2.96. The molecule has 1 saturated carbocycles. The highest BCUT2D eigenvalue weighted by Gasteiger charge is 2.38. The van der Waals surface area contributed by atoms with Gasteiger partial charge in [-0.1, -0.05) is 30.3 Å². The van der Waals surface area contributed by atoms with Crippen LogP contribution in [0.1, 0.15) is 24.0 Å². The minimum absolute atomic E-state index is 0.0388. The van der Waals surface area contributed by atoms with Crippen molar-refractivity contribution in [3.05, 3.63) is 65.7 Å². The number of hydrogen-bond donors (Lipinski definition) is 0. The lowest BCUT2D eigenvalue weighted by Crippen LogP contribution is -2.32. The maximum Gasteiger partial charge on any atom is 0.417 e. The number of amides is 1. The molecule has 0 atom stereocenters. The van der Waals surface area contributed by atoms with Crippen molar-refractivity contribution in [3.8, 4) is 11.5 Å². The molecule has 1 amide bonds. The highest BCUT2D eigenvalue weighted by molar-refractivity contribution is 5.96. The van der Waals surface area contributed by atoms with Gasteiger partial charge in [-0.15, -0.1) is 0 Å². The fourth-order valence-corrected chi connectivity index (χ4v) is 3.12. The van der Waals surface area contributed by atoms with Crippen LogP contribution in [-0.2, 0) is 11.3 Å². The Labute approximate surface area is 167 Å². The Kier molecular flexibility index (Phi) is 6.15. The Morgan fingerprint density at radius 2 is 1.79 bits per heavy atom. The van der Waals surface area contributed by atoms with Gasteiger partial charge in [0.1, 0.15) is 11.5 Å². The molecule has 1 fully saturated rings. The number of benzene rings is 2. The van der Waals surface area contributed by atoms with Crippen molar-refractivity contribution >= 4 is 11.5 Å². The van der Waals surface area contributed by atoms with Crippen LogP contribution in [0.25, 0.3) is 5.57 Å². The van der Waals surface area contributed by atoms with E-state index in [0.717, 1.165) is 12.8 Å². The Balaban J connectivity index is 1.93. The molecule has 3 rings (SSSR count). The van der Waals surface area contributed by atoms with Crippen molar-refractivity contribution in [1.82, 2.24) is 4.90 Å². The van der Waals surface area contributed by atoms with Gasteiger partial charge in [0, 0.05) is 17.7 Å². The van der Waals surface area contributed by atoms with E-state index in [2.05, 4.69) is 0 Å². The summed E-state index contributed by atoms with van der Waals surface area (Å²) in [5, 5.41) is 0. The molecule has 1 aliphatic carbocycles. The summed E-state index contributed by atoms with van der Waals surface area (Å²) in [6.45, 7) is 0.139. The number of nitrogens with zero attached hydrogens (tertiary/aromatic N) is 1. The van der Waals surface area contributed by atoms with Crippen LogP contribution >= 0.6 is 0 Å². The SMILES string of the molecule is COc1ccc(OC)c(CN(C(=O)/C=C(/c2ccccc2)C(F)(F)F)C2CC2)c1. The van der Waals surface area contributed by atoms with Gasteiger partial charge in [-0.2, -0.15) is 13.2 Å². The zero-order valence-electron chi connectivity index (χ0n) is 16.2. The molecule has 1 aliphatic rings. The number of halogens is 3. The van der Waals surface area contributed by atoms with Gasteiger partial charge >= 0.3 is 6.18 Å². The van der Waals surface area contributed by atoms with Gasteiger partial charge in [0.2, 0.25) is 5.91 Å². The lowest BCUT2D eigenvalue weighted by atomic mass is 10.0. The highest BCUT2D eigenvalue weighted by Crippen LogP contribution is 2.36. The van der Waals surface area contributed by atoms with Gasteiger partial charge in [-0.25, -0.2) is 0 Å². The third-order valence-corrected chi connectivity index (χ3v) is 4.76. The lowest BCUT2D eigenvalue weighted by Gasteiger charge is -2.23. The molecular weight excluding hydrogens is 383 g/mol. The summed E-state index contributed by atoms with van der Waals surface area (Å²) in [4.78, 5) is 14.4. The van der Waals surface area contributed by atoms with Gasteiger partial charge in [0.05, 0.1) is 26.3 Å². The largest absolute Gasteiger partial charge is 0.497 e. The minimum Gasteiger partial charge on any atom is -0.497 e. The number of allylic oxidation sites excluding steroid dienone is 1. The zero-order valence-corrected chi connectivity index (χ0v) is 16.2. The van der Waals surface area contributed by atoms with Crippen molar-refractivity contribution in [2.24, 2.45) is 0 Å². The molecular formula is C22H22F3NO3. The Morgan fingerprint density at radius 3 is 2.34 bits per heavy atom. The molecule has 29 heavy (non-hydrogen) atoms. The molecule has 0 bridgehead atoms. The number of alkyl halides is 3. The summed E-state index contributed by atoms with van der Waals surface area (Å²) in [6, 6.07) is 12.4. The maximum absolute atomic E-state index is 13.6. The second-order valence-electron chi connectivity index (χ2n) is 6.80. The van der Waals surface area contributed by atoms with Crippen molar-refractivity contribution in [3.63, 3.8) is 0 Å². The first-order valence-electron chi connectivity index (χ1n) is 9.19. The molecule has 2 aromatic rings. The summed E-state index contributed by atoms with van der Waals surface area (Å²) < 4.78 is 51.4. The fraction of sp³-hybridized carbons (Fsp3) is 0.318. The average Bonchev–Trinajstić information content (AvgIpc) is 3.54. The molecule has 0 radical (unpaired) electrons. The topological polar surface area (TPSA) is 38.8 Å². The van der Waals surface area contributed by atoms with E-state index >= 15 is 0 Å². The zero-order chi connectivity index (χ0) is 21.0. The number of rotatable bonds is 7. The Morgan fingerprint density at radius 1 is 1.10 bits per heavy atom. The summed E-state index contributed by atoms with van der Waals surface area (Å²) in [5.74, 6) is 0.459. The smallest absolute Gasteiger partial charge is 0.417 e. The third kappa shape index (κ3) is 5.10. The molecule has 0 aromatic heterocycles. The monoisotopic (exact) mass is 405 g/mol. The predicted molar refractivity (Wildman–Crippen MR) is 104 cm³/mol. The van der Waals surface area contributed by atoms with Crippen LogP contribution in [0.15, 0.2) is 54.6 Å². The van der Waals surface area contributed by atoms with Crippen LogP contribution in [0, 0.1) is 0 Å². The van der Waals surface area contributed by atoms with E-state index in [1.807, 2.05) is 0 Å². The van der Waals surface area contributed by atoms with Crippen LogP contribution in [0.2, 0.25) is 0 Å². The maximum atomic E-state index is 13.6. The fourth-order valence-electron chi connectivity index (χ4n) is 3.12. The summed E-state index contributed by atoms with van der Waals surface area (Å²) in [7, 11) is 3.03. The number of carbonyl (C=O) groups is 1. The molecule has 0 spiro atoms. The van der Waals surface area contributed by atoms with Gasteiger partial charge < -0.3 is 14.4 Å². The molecule has 0 heterocycles. The standard InChI is InChI=1S/C22H22F3NO3/c1-28-18-10-11-20(29-2)16(12-18)14-26(17-8-9-17)21(27)13-19(22(23,24)25)15-6-4-3-5-7-15/h3-7,10-13,17H,8-9,14H2,1-2H3/b19-13-. The van der Waals surface area contributed by atoms with E-state index in [0.29, 0.717) is 23.1 Å². The number of hydrogen-bond acceptors (Lipinski definition) is 3. The van der Waals surface area contributed by atoms with Gasteiger partial charge in [0.25, 0.3) is 0 Å². The van der Waals surface area contributed by atoms with Crippen LogP contribution in [0.3, 0.4) is 0 Å². The minimum atomic E-state index is -4.64. The number of ether oxygens (including phenoxy) is 2. The second kappa shape index (κ2) is 8.59. The van der Waals surface area contributed by atoms with Crippen LogP contribution < -0.4 is 9.47 Å². The van der Waals surface area contributed by atoms with E-state index in [1.165, 1.54) is 43.4 Å². The third-order valence-electron chi connectivity index (χ3n) is 4.76. The summed E-state index contributed by atoms with van der Waals surface area (Å²) in [6.07, 6.45) is -2.42. The van der Waals surface area contributed by atoms with E-state index in [1.54, 1.807) is 24.3 Å². The highest BCUT2D eigenvalue weighted by atomic mass is 19.4. The van der Waals surface area contributed by atoms with Gasteiger partial charge in [-0.05, 0) is 36.6 Å². The van der Waals surface area contributed by atoms with E-state index in [9.17, 15) is 18.0 Å². The molecule has 0 unspecified atom stereocenters. The van der Waals surface area contributed by atoms with Crippen molar-refractivity contribution in [1.29, 1.82) is 0 Å². The quantitative estimate of drug-likeness (QED) is 0.619. The van der Waals surface area contributed by atoms with Crippen molar-refractivity contribution < 1.29 is 27.4 Å². The van der Waals surface area contributed by atoms with Crippen LogP contribution in [0.5, 0.6) is 11.5 Å². The molecule has 7 heteroatoms. The normalized spacial score (nSPS) is 14.4. The first kappa shape index (κ1) is 20.8. The summed E-state index contributed by atoms with van der Waals surface area (Å²) in [5.41, 5.74) is -0.316. The first-order chi connectivity index (χ1) is 13.8.